The molecule has 1 aliphatic carbocycles. The Morgan fingerprint density at radius 3 is 2.87 bits per heavy atom. The zero-order valence-corrected chi connectivity index (χ0v) is 9.41. The summed E-state index contributed by atoms with van der Waals surface area (Å²) < 4.78 is 11.7. The molecule has 80 valence electrons. The Balaban J connectivity index is 2.37. The van der Waals surface area contributed by atoms with E-state index in [1.807, 2.05) is 43.3 Å². The number of aliphatic hydroxyl groups is 1. The highest BCUT2D eigenvalue weighted by molar-refractivity contribution is 7.85. The van der Waals surface area contributed by atoms with Crippen molar-refractivity contribution in [1.29, 1.82) is 0 Å². The Bertz CT molecular complexity index is 412. The van der Waals surface area contributed by atoms with Crippen LogP contribution in [0.4, 0.5) is 0 Å². The highest BCUT2D eigenvalue weighted by atomic mass is 32.2. The molecule has 0 spiro atoms. The number of fused-ring (bicyclic) bond motifs is 1. The summed E-state index contributed by atoms with van der Waals surface area (Å²) in [5.74, 6) is 0.578. The van der Waals surface area contributed by atoms with Gasteiger partial charge in [-0.3, -0.25) is 4.21 Å². The lowest BCUT2D eigenvalue weighted by atomic mass is 9.95. The van der Waals surface area contributed by atoms with Crippen molar-refractivity contribution in [2.24, 2.45) is 0 Å². The summed E-state index contributed by atoms with van der Waals surface area (Å²) in [5.41, 5.74) is 1.90. The summed E-state index contributed by atoms with van der Waals surface area (Å²) in [6.07, 6.45) is 3.17. The summed E-state index contributed by atoms with van der Waals surface area (Å²) in [5, 5.41) is 9.82. The first-order valence-electron chi connectivity index (χ1n) is 5.06. The van der Waals surface area contributed by atoms with Gasteiger partial charge >= 0.3 is 0 Å². The molecule has 0 aliphatic heterocycles. The van der Waals surface area contributed by atoms with E-state index in [0.717, 1.165) is 11.1 Å². The molecule has 0 bridgehead atoms. The van der Waals surface area contributed by atoms with Crippen molar-refractivity contribution >= 4 is 16.9 Å². The molecule has 3 atom stereocenters. The lowest BCUT2D eigenvalue weighted by Crippen LogP contribution is -2.25. The molecule has 1 unspecified atom stereocenters. The fourth-order valence-corrected chi connectivity index (χ4v) is 2.91. The first kappa shape index (κ1) is 10.6. The van der Waals surface area contributed by atoms with Crippen LogP contribution in [0.25, 0.3) is 6.08 Å². The molecule has 0 fully saturated rings. The Kier molecular flexibility index (Phi) is 3.03. The zero-order valence-electron chi connectivity index (χ0n) is 8.59. The molecule has 0 aromatic heterocycles. The predicted molar refractivity (Wildman–Crippen MR) is 62.9 cm³/mol. The molecule has 15 heavy (non-hydrogen) atoms. The largest absolute Gasteiger partial charge is 0.387 e. The van der Waals surface area contributed by atoms with E-state index < -0.39 is 16.9 Å². The Hall–Kier alpha value is -0.930. The average Bonchev–Trinajstić information content (AvgIpc) is 2.29. The summed E-state index contributed by atoms with van der Waals surface area (Å²) in [6.45, 7) is 1.87. The first-order chi connectivity index (χ1) is 7.24. The molecule has 1 aromatic rings. The molecule has 1 aromatic carbocycles. The lowest BCUT2D eigenvalue weighted by Gasteiger charge is -2.24. The quantitative estimate of drug-likeness (QED) is 0.829. The topological polar surface area (TPSA) is 37.3 Å². The Morgan fingerprint density at radius 2 is 2.13 bits per heavy atom. The molecule has 3 heteroatoms. The number of hydrogen-bond acceptors (Lipinski definition) is 2. The van der Waals surface area contributed by atoms with Crippen LogP contribution in [0, 0.1) is 0 Å². The minimum absolute atomic E-state index is 0.259. The fraction of sp³-hybridized carbons (Fsp3) is 0.333. The zero-order chi connectivity index (χ0) is 10.8. The highest BCUT2D eigenvalue weighted by Crippen LogP contribution is 2.30. The Morgan fingerprint density at radius 1 is 1.40 bits per heavy atom. The smallest absolute Gasteiger partial charge is 0.0974 e. The summed E-state index contributed by atoms with van der Waals surface area (Å²) >= 11 is 0. The third-order valence-electron chi connectivity index (χ3n) is 2.68. The molecule has 1 aliphatic rings. The average molecular weight is 222 g/mol. The highest BCUT2D eigenvalue weighted by Gasteiger charge is 2.27. The molecule has 0 saturated heterocycles. The van der Waals surface area contributed by atoms with E-state index in [-0.39, 0.29) is 5.25 Å². The monoisotopic (exact) mass is 222 g/mol. The second kappa shape index (κ2) is 4.29. The van der Waals surface area contributed by atoms with E-state index in [4.69, 9.17) is 0 Å². The molecular formula is C12H14O2S. The van der Waals surface area contributed by atoms with E-state index in [1.165, 1.54) is 0 Å². The van der Waals surface area contributed by atoms with Crippen molar-refractivity contribution in [2.45, 2.75) is 18.3 Å². The lowest BCUT2D eigenvalue weighted by molar-refractivity contribution is 0.184. The second-order valence-electron chi connectivity index (χ2n) is 3.57. The van der Waals surface area contributed by atoms with E-state index in [9.17, 15) is 9.32 Å². The van der Waals surface area contributed by atoms with Gasteiger partial charge in [-0.05, 0) is 11.1 Å². The van der Waals surface area contributed by atoms with E-state index >= 15 is 0 Å². The van der Waals surface area contributed by atoms with Gasteiger partial charge in [0.05, 0.1) is 11.4 Å². The van der Waals surface area contributed by atoms with E-state index in [1.54, 1.807) is 0 Å². The number of hydrogen-bond donors (Lipinski definition) is 1. The maximum Gasteiger partial charge on any atom is 0.0974 e. The molecule has 1 N–H and O–H groups in total. The maximum atomic E-state index is 11.7. The molecule has 0 heterocycles. The summed E-state index contributed by atoms with van der Waals surface area (Å²) in [6, 6.07) is 7.68. The van der Waals surface area contributed by atoms with Crippen LogP contribution >= 0.6 is 0 Å². The van der Waals surface area contributed by atoms with Crippen LogP contribution < -0.4 is 0 Å². The van der Waals surface area contributed by atoms with Crippen molar-refractivity contribution in [3.05, 3.63) is 41.5 Å². The van der Waals surface area contributed by atoms with Gasteiger partial charge in [-0.1, -0.05) is 43.3 Å². The summed E-state index contributed by atoms with van der Waals surface area (Å²) in [7, 11) is -0.988. The van der Waals surface area contributed by atoms with Gasteiger partial charge in [-0.2, -0.15) is 0 Å². The van der Waals surface area contributed by atoms with Crippen LogP contribution in [0.1, 0.15) is 24.2 Å². The standard InChI is InChI=1S/C12H14O2S/c1-2-15(14)11-8-7-9-5-3-4-6-10(9)12(11)13/h3-8,11-13H,2H2,1H3/t11-,12+,15?/m0/s1. The molecule has 2 rings (SSSR count). The SMILES string of the molecule is CCS(=O)[C@H]1C=Cc2ccccc2[C@H]1O. The third-order valence-corrected chi connectivity index (χ3v) is 4.27. The van der Waals surface area contributed by atoms with Crippen molar-refractivity contribution < 1.29 is 9.32 Å². The van der Waals surface area contributed by atoms with Gasteiger partial charge < -0.3 is 5.11 Å². The molecule has 0 amide bonds. The van der Waals surface area contributed by atoms with Gasteiger partial charge in [0.15, 0.2) is 0 Å². The third kappa shape index (κ3) is 1.90. The van der Waals surface area contributed by atoms with Crippen molar-refractivity contribution in [3.63, 3.8) is 0 Å². The van der Waals surface area contributed by atoms with Crippen LogP contribution in [0.15, 0.2) is 30.3 Å². The van der Waals surface area contributed by atoms with Crippen molar-refractivity contribution in [3.8, 4) is 0 Å². The fourth-order valence-electron chi connectivity index (χ4n) is 1.84. The maximum absolute atomic E-state index is 11.7. The van der Waals surface area contributed by atoms with Gasteiger partial charge in [-0.15, -0.1) is 0 Å². The minimum Gasteiger partial charge on any atom is -0.387 e. The van der Waals surface area contributed by atoms with Gasteiger partial charge in [0.1, 0.15) is 0 Å². The van der Waals surface area contributed by atoms with Crippen LogP contribution in [-0.2, 0) is 10.8 Å². The normalized spacial score (nSPS) is 26.0. The minimum atomic E-state index is -0.988. The number of benzene rings is 1. The molecule has 0 radical (unpaired) electrons. The van der Waals surface area contributed by atoms with Crippen molar-refractivity contribution in [1.82, 2.24) is 0 Å². The van der Waals surface area contributed by atoms with Crippen molar-refractivity contribution in [2.75, 3.05) is 5.75 Å². The predicted octanol–water partition coefficient (Wildman–Crippen LogP) is 1.88. The van der Waals surface area contributed by atoms with Crippen LogP contribution in [-0.4, -0.2) is 20.3 Å². The van der Waals surface area contributed by atoms with Gasteiger partial charge in [-0.25, -0.2) is 0 Å². The number of aliphatic hydroxyl groups excluding tert-OH is 1. The number of rotatable bonds is 2. The van der Waals surface area contributed by atoms with Gasteiger partial charge in [0, 0.05) is 16.6 Å². The van der Waals surface area contributed by atoms with E-state index in [2.05, 4.69) is 0 Å². The van der Waals surface area contributed by atoms with E-state index in [0.29, 0.717) is 5.75 Å². The second-order valence-corrected chi connectivity index (χ2v) is 5.45. The molecule has 2 nitrogen and oxygen atoms in total. The first-order valence-corrected chi connectivity index (χ1v) is 6.44. The van der Waals surface area contributed by atoms with Crippen LogP contribution in [0.2, 0.25) is 0 Å². The Labute approximate surface area is 92.1 Å². The molecule has 0 saturated carbocycles. The van der Waals surface area contributed by atoms with Gasteiger partial charge in [0.2, 0.25) is 0 Å². The molecular weight excluding hydrogens is 208 g/mol. The van der Waals surface area contributed by atoms with Crippen LogP contribution in [0.5, 0.6) is 0 Å². The van der Waals surface area contributed by atoms with Gasteiger partial charge in [0.25, 0.3) is 0 Å². The van der Waals surface area contributed by atoms with Crippen LogP contribution in [0.3, 0.4) is 0 Å². The summed E-state index contributed by atoms with van der Waals surface area (Å²) in [4.78, 5) is 0.